The molecule has 4 aliphatic rings. The monoisotopic (exact) mass is 468 g/mol. The quantitative estimate of drug-likeness (QED) is 0.738. The largest absolute Gasteiger partial charge is 0.481 e. The molecule has 11 heteroatoms. The molecule has 2 bridgehead atoms. The number of aliphatic imine (C=N–C) groups is 2. The van der Waals surface area contributed by atoms with Crippen LogP contribution in [-0.4, -0.2) is 66.2 Å². The van der Waals surface area contributed by atoms with Crippen LogP contribution in [0.15, 0.2) is 40.6 Å². The maximum absolute atomic E-state index is 14.1. The summed E-state index contributed by atoms with van der Waals surface area (Å²) in [4.78, 5) is 22.5. The predicted octanol–water partition coefficient (Wildman–Crippen LogP) is 2.42. The molecule has 0 amide bonds. The Morgan fingerprint density at radius 3 is 2.68 bits per heavy atom. The third-order valence-electron chi connectivity index (χ3n) is 7.06. The van der Waals surface area contributed by atoms with Gasteiger partial charge in [-0.25, -0.2) is 28.6 Å². The van der Waals surface area contributed by atoms with Gasteiger partial charge in [-0.05, 0) is 43.2 Å². The van der Waals surface area contributed by atoms with Crippen molar-refractivity contribution in [2.45, 2.75) is 25.3 Å². The number of hydrogen-bond donors (Lipinski definition) is 1. The number of piperidine rings is 1. The normalized spacial score (nSPS) is 27.0. The van der Waals surface area contributed by atoms with Gasteiger partial charge in [0, 0.05) is 38.3 Å². The molecule has 1 aromatic heterocycles. The number of halogens is 2. The number of nitrogens with zero attached hydrogens (tertiary/aromatic N) is 7. The van der Waals surface area contributed by atoms with Crippen LogP contribution in [0.3, 0.4) is 0 Å². The van der Waals surface area contributed by atoms with Gasteiger partial charge in [0.2, 0.25) is 17.8 Å². The summed E-state index contributed by atoms with van der Waals surface area (Å²) in [5.41, 5.74) is 3.87. The van der Waals surface area contributed by atoms with Gasteiger partial charge >= 0.3 is 0 Å². The van der Waals surface area contributed by atoms with Crippen LogP contribution in [0, 0.1) is 23.5 Å². The first kappa shape index (κ1) is 21.1. The van der Waals surface area contributed by atoms with E-state index in [0.29, 0.717) is 41.9 Å². The van der Waals surface area contributed by atoms with E-state index in [1.54, 1.807) is 13.2 Å². The van der Waals surface area contributed by atoms with Crippen LogP contribution >= 0.6 is 0 Å². The standard InChI is InChI=1S/C23H26F2N8O/c1-34-20-10-19(27-13-28-20)31-11-14-3-4-15(12-31)21(14)29-22-30-32-8-2-7-26-23(32)33(22)16-5-6-17(24)18(25)9-16/h5-6,9-10,13-15,21H,2-4,7-8,11-12H2,1H3,(H,29,30). The first-order chi connectivity index (χ1) is 16.6. The van der Waals surface area contributed by atoms with Gasteiger partial charge in [-0.2, -0.15) is 0 Å². The summed E-state index contributed by atoms with van der Waals surface area (Å²) in [5, 5.41) is 1.94. The molecule has 2 atom stereocenters. The molecular weight excluding hydrogens is 442 g/mol. The lowest BCUT2D eigenvalue weighted by molar-refractivity contribution is 0.346. The number of benzene rings is 1. The van der Waals surface area contributed by atoms with Gasteiger partial charge in [0.1, 0.15) is 12.1 Å². The van der Waals surface area contributed by atoms with E-state index >= 15 is 0 Å². The van der Waals surface area contributed by atoms with E-state index in [1.165, 1.54) is 12.4 Å². The van der Waals surface area contributed by atoms with Crippen LogP contribution in [0.1, 0.15) is 19.3 Å². The zero-order chi connectivity index (χ0) is 23.2. The lowest BCUT2D eigenvalue weighted by Crippen LogP contribution is -2.46. The van der Waals surface area contributed by atoms with Crippen LogP contribution in [0.5, 0.6) is 5.88 Å². The first-order valence-electron chi connectivity index (χ1n) is 11.6. The molecular formula is C23H26F2N8O. The maximum Gasteiger partial charge on any atom is 0.227 e. The predicted molar refractivity (Wildman–Crippen MR) is 124 cm³/mol. The minimum atomic E-state index is -0.889. The number of methoxy groups -OCH3 is 1. The fourth-order valence-electron chi connectivity index (χ4n) is 5.45. The summed E-state index contributed by atoms with van der Waals surface area (Å²) in [6.45, 7) is 3.15. The molecule has 2 saturated heterocycles. The maximum atomic E-state index is 14.1. The Hall–Kier alpha value is -3.50. The highest BCUT2D eigenvalue weighted by Crippen LogP contribution is 2.41. The summed E-state index contributed by atoms with van der Waals surface area (Å²) >= 11 is 0. The van der Waals surface area contributed by atoms with Gasteiger partial charge in [-0.1, -0.05) is 0 Å². The molecule has 2 aromatic rings. The summed E-state index contributed by atoms with van der Waals surface area (Å²) in [5.74, 6) is 1.67. The summed E-state index contributed by atoms with van der Waals surface area (Å²) in [6, 6.07) is 5.90. The highest BCUT2D eigenvalue weighted by atomic mass is 19.2. The minimum Gasteiger partial charge on any atom is -0.481 e. The van der Waals surface area contributed by atoms with Crippen molar-refractivity contribution in [1.82, 2.24) is 20.4 Å². The van der Waals surface area contributed by atoms with Gasteiger partial charge in [-0.15, -0.1) is 0 Å². The van der Waals surface area contributed by atoms with E-state index in [4.69, 9.17) is 9.73 Å². The lowest BCUT2D eigenvalue weighted by Gasteiger charge is -2.37. The van der Waals surface area contributed by atoms with Crippen LogP contribution in [0.4, 0.5) is 20.3 Å². The summed E-state index contributed by atoms with van der Waals surface area (Å²) in [6.07, 6.45) is 4.62. The lowest BCUT2D eigenvalue weighted by atomic mass is 9.92. The number of aromatic nitrogens is 2. The van der Waals surface area contributed by atoms with Crippen LogP contribution in [0.25, 0.3) is 0 Å². The average Bonchev–Trinajstić information content (AvgIpc) is 3.32. The number of anilines is 2. The Morgan fingerprint density at radius 1 is 1.09 bits per heavy atom. The Balaban J connectivity index is 1.29. The first-order valence-corrected chi connectivity index (χ1v) is 11.6. The number of guanidine groups is 2. The summed E-state index contributed by atoms with van der Waals surface area (Å²) in [7, 11) is 1.60. The molecule has 1 aliphatic carbocycles. The number of ether oxygens (including phenoxy) is 1. The van der Waals surface area contributed by atoms with E-state index < -0.39 is 11.6 Å². The van der Waals surface area contributed by atoms with E-state index in [2.05, 4.69) is 25.3 Å². The Morgan fingerprint density at radius 2 is 1.91 bits per heavy atom. The fraction of sp³-hybridized carbons (Fsp3) is 0.478. The number of rotatable bonds is 4. The topological polar surface area (TPSA) is 81.5 Å². The molecule has 9 nitrogen and oxygen atoms in total. The number of fused-ring (bicyclic) bond motifs is 3. The molecule has 3 aliphatic heterocycles. The molecule has 3 fully saturated rings. The zero-order valence-electron chi connectivity index (χ0n) is 18.9. The van der Waals surface area contributed by atoms with Gasteiger partial charge in [0.25, 0.3) is 0 Å². The molecule has 6 rings (SSSR count). The molecule has 1 saturated carbocycles. The molecule has 1 N–H and O–H groups in total. The van der Waals surface area contributed by atoms with Crippen molar-refractivity contribution >= 4 is 23.4 Å². The van der Waals surface area contributed by atoms with Crippen molar-refractivity contribution in [2.24, 2.45) is 21.8 Å². The Labute approximate surface area is 196 Å². The summed E-state index contributed by atoms with van der Waals surface area (Å²) < 4.78 is 33.0. The van der Waals surface area contributed by atoms with Crippen molar-refractivity contribution in [3.05, 3.63) is 42.2 Å². The van der Waals surface area contributed by atoms with Gasteiger partial charge in [0.15, 0.2) is 11.6 Å². The molecule has 0 spiro atoms. The number of nitrogens with one attached hydrogen (secondary N) is 1. The zero-order valence-corrected chi connectivity index (χ0v) is 18.9. The molecule has 2 unspecified atom stereocenters. The van der Waals surface area contributed by atoms with Crippen molar-refractivity contribution in [1.29, 1.82) is 0 Å². The van der Waals surface area contributed by atoms with Crippen molar-refractivity contribution in [3.8, 4) is 5.88 Å². The smallest absolute Gasteiger partial charge is 0.227 e. The molecule has 4 heterocycles. The van der Waals surface area contributed by atoms with Crippen molar-refractivity contribution < 1.29 is 13.5 Å². The number of hydrazine groups is 1. The third-order valence-corrected chi connectivity index (χ3v) is 7.06. The molecule has 34 heavy (non-hydrogen) atoms. The van der Waals surface area contributed by atoms with Crippen molar-refractivity contribution in [3.63, 3.8) is 0 Å². The van der Waals surface area contributed by atoms with E-state index in [9.17, 15) is 8.78 Å². The fourth-order valence-corrected chi connectivity index (χ4v) is 5.45. The van der Waals surface area contributed by atoms with E-state index in [0.717, 1.165) is 50.8 Å². The SMILES string of the molecule is COc1cc(N2CC3CCC(C2)C3N=C2NN3CCCN=C3N2c2ccc(F)c(F)c2)ncn1. The van der Waals surface area contributed by atoms with Crippen LogP contribution in [-0.2, 0) is 0 Å². The number of hydrogen-bond acceptors (Lipinski definition) is 7. The Bertz CT molecular complexity index is 1140. The van der Waals surface area contributed by atoms with E-state index in [1.807, 2.05) is 16.0 Å². The molecule has 178 valence electrons. The van der Waals surface area contributed by atoms with Crippen LogP contribution < -0.4 is 20.0 Å². The van der Waals surface area contributed by atoms with Crippen molar-refractivity contribution in [2.75, 3.05) is 43.1 Å². The minimum absolute atomic E-state index is 0.122. The Kier molecular flexibility index (Phi) is 5.19. The molecule has 1 aromatic carbocycles. The second-order valence-electron chi connectivity index (χ2n) is 9.10. The van der Waals surface area contributed by atoms with Gasteiger partial charge in [-0.3, -0.25) is 15.4 Å². The van der Waals surface area contributed by atoms with E-state index in [-0.39, 0.29) is 6.04 Å². The third kappa shape index (κ3) is 3.59. The van der Waals surface area contributed by atoms with Gasteiger partial charge in [0.05, 0.1) is 18.8 Å². The second-order valence-corrected chi connectivity index (χ2v) is 9.10. The average molecular weight is 469 g/mol. The van der Waals surface area contributed by atoms with Crippen LogP contribution in [0.2, 0.25) is 0 Å². The molecule has 0 radical (unpaired) electrons. The van der Waals surface area contributed by atoms with Gasteiger partial charge < -0.3 is 9.64 Å². The second kappa shape index (κ2) is 8.37. The highest BCUT2D eigenvalue weighted by Gasteiger charge is 2.44. The highest BCUT2D eigenvalue weighted by molar-refractivity contribution is 6.21.